The van der Waals surface area contributed by atoms with Gasteiger partial charge in [-0.2, -0.15) is 0 Å². The Morgan fingerprint density at radius 3 is 2.27 bits per heavy atom. The van der Waals surface area contributed by atoms with E-state index >= 15 is 0 Å². The number of ether oxygens (including phenoxy) is 1. The first-order valence-corrected chi connectivity index (χ1v) is 7.93. The zero-order valence-corrected chi connectivity index (χ0v) is 13.3. The Morgan fingerprint density at radius 2 is 1.73 bits per heavy atom. The summed E-state index contributed by atoms with van der Waals surface area (Å²) in [7, 11) is 0. The van der Waals surface area contributed by atoms with E-state index in [1.165, 1.54) is 0 Å². The topological polar surface area (TPSA) is 58.6 Å². The van der Waals surface area contributed by atoms with Crippen LogP contribution in [0.15, 0.2) is 24.3 Å². The van der Waals surface area contributed by atoms with E-state index < -0.39 is 0 Å². The minimum atomic E-state index is 0.0192. The van der Waals surface area contributed by atoms with Crippen LogP contribution in [0.3, 0.4) is 0 Å². The van der Waals surface area contributed by atoms with Crippen molar-refractivity contribution < 1.29 is 14.3 Å². The molecule has 1 N–H and O–H groups in total. The number of rotatable bonds is 5. The molecule has 0 atom stereocenters. The Balaban J connectivity index is 1.96. The van der Waals surface area contributed by atoms with E-state index in [2.05, 4.69) is 5.32 Å². The van der Waals surface area contributed by atoms with Gasteiger partial charge in [0.25, 0.3) is 5.91 Å². The molecule has 0 aliphatic carbocycles. The molecule has 0 bridgehead atoms. The van der Waals surface area contributed by atoms with Crippen molar-refractivity contribution in [3.8, 4) is 0 Å². The normalized spacial score (nSPS) is 15.4. The summed E-state index contributed by atoms with van der Waals surface area (Å²) >= 11 is 0. The third-order valence-corrected chi connectivity index (χ3v) is 4.04. The molecule has 5 nitrogen and oxygen atoms in total. The zero-order chi connectivity index (χ0) is 15.9. The number of amides is 2. The van der Waals surface area contributed by atoms with Crippen LogP contribution >= 0.6 is 0 Å². The van der Waals surface area contributed by atoms with Gasteiger partial charge in [0.05, 0.1) is 0 Å². The molecule has 0 unspecified atom stereocenters. The molecule has 1 fully saturated rings. The fraction of sp³-hybridized carbons (Fsp3) is 0.529. The fourth-order valence-corrected chi connectivity index (χ4v) is 2.59. The van der Waals surface area contributed by atoms with Crippen LogP contribution in [0.5, 0.6) is 0 Å². The molecule has 22 heavy (non-hydrogen) atoms. The van der Waals surface area contributed by atoms with Crippen LogP contribution in [-0.2, 0) is 9.53 Å². The first-order valence-electron chi connectivity index (χ1n) is 7.93. The number of carbonyl (C=O) groups excluding carboxylic acids is 2. The van der Waals surface area contributed by atoms with Crippen LogP contribution in [0.1, 0.15) is 37.0 Å². The Bertz CT molecular complexity index is 503. The van der Waals surface area contributed by atoms with Gasteiger partial charge < -0.3 is 15.0 Å². The quantitative estimate of drug-likeness (QED) is 0.909. The first kappa shape index (κ1) is 16.5. The lowest BCUT2D eigenvalue weighted by molar-refractivity contribution is -0.122. The second-order valence-electron chi connectivity index (χ2n) is 5.43. The minimum Gasteiger partial charge on any atom is -0.381 e. The average molecular weight is 304 g/mol. The largest absolute Gasteiger partial charge is 0.381 e. The summed E-state index contributed by atoms with van der Waals surface area (Å²) in [6.07, 6.45) is 1.54. The summed E-state index contributed by atoms with van der Waals surface area (Å²) in [4.78, 5) is 26.1. The number of hydrogen-bond acceptors (Lipinski definition) is 3. The van der Waals surface area contributed by atoms with Crippen molar-refractivity contribution >= 4 is 17.5 Å². The van der Waals surface area contributed by atoms with E-state index in [1.807, 2.05) is 13.8 Å². The van der Waals surface area contributed by atoms with Gasteiger partial charge in [0.2, 0.25) is 5.91 Å². The maximum atomic E-state index is 12.2. The maximum absolute atomic E-state index is 12.2. The number of benzene rings is 1. The van der Waals surface area contributed by atoms with Crippen molar-refractivity contribution in [2.45, 2.75) is 26.7 Å². The monoisotopic (exact) mass is 304 g/mol. The van der Waals surface area contributed by atoms with E-state index in [-0.39, 0.29) is 17.7 Å². The zero-order valence-electron chi connectivity index (χ0n) is 13.3. The van der Waals surface area contributed by atoms with Crippen molar-refractivity contribution in [2.24, 2.45) is 5.92 Å². The lowest BCUT2D eigenvalue weighted by Crippen LogP contribution is -2.30. The van der Waals surface area contributed by atoms with E-state index in [9.17, 15) is 9.59 Å². The van der Waals surface area contributed by atoms with Crippen molar-refractivity contribution in [1.82, 2.24) is 4.90 Å². The molecule has 1 aromatic carbocycles. The van der Waals surface area contributed by atoms with Crippen molar-refractivity contribution in [1.29, 1.82) is 0 Å². The fourth-order valence-electron chi connectivity index (χ4n) is 2.59. The van der Waals surface area contributed by atoms with E-state index in [0.717, 1.165) is 18.5 Å². The number of anilines is 1. The van der Waals surface area contributed by atoms with Crippen LogP contribution in [0.25, 0.3) is 0 Å². The molecule has 1 saturated heterocycles. The summed E-state index contributed by atoms with van der Waals surface area (Å²) in [5, 5.41) is 2.92. The Morgan fingerprint density at radius 1 is 1.14 bits per heavy atom. The van der Waals surface area contributed by atoms with Gasteiger partial charge in [-0.3, -0.25) is 9.59 Å². The molecule has 120 valence electrons. The van der Waals surface area contributed by atoms with Gasteiger partial charge >= 0.3 is 0 Å². The molecule has 5 heteroatoms. The molecule has 1 aliphatic heterocycles. The SMILES string of the molecule is CCN(CC)C(=O)c1ccc(NC(=O)C2CCOCC2)cc1. The molecule has 1 aliphatic rings. The molecule has 1 aromatic rings. The van der Waals surface area contributed by atoms with Crippen molar-refractivity contribution in [2.75, 3.05) is 31.6 Å². The second kappa shape index (κ2) is 7.94. The average Bonchev–Trinajstić information content (AvgIpc) is 2.57. The minimum absolute atomic E-state index is 0.0192. The summed E-state index contributed by atoms with van der Waals surface area (Å²) < 4.78 is 5.26. The smallest absolute Gasteiger partial charge is 0.253 e. The van der Waals surface area contributed by atoms with Gasteiger partial charge in [0, 0.05) is 43.5 Å². The van der Waals surface area contributed by atoms with Crippen LogP contribution in [0.2, 0.25) is 0 Å². The van der Waals surface area contributed by atoms with Crippen molar-refractivity contribution in [3.63, 3.8) is 0 Å². The van der Waals surface area contributed by atoms with Crippen LogP contribution in [0.4, 0.5) is 5.69 Å². The highest BCUT2D eigenvalue weighted by atomic mass is 16.5. The van der Waals surface area contributed by atoms with Crippen LogP contribution in [0, 0.1) is 5.92 Å². The second-order valence-corrected chi connectivity index (χ2v) is 5.43. The molecule has 0 spiro atoms. The number of carbonyl (C=O) groups is 2. The third-order valence-electron chi connectivity index (χ3n) is 4.04. The van der Waals surface area contributed by atoms with E-state index in [0.29, 0.717) is 31.9 Å². The molecule has 2 rings (SSSR count). The highest BCUT2D eigenvalue weighted by Gasteiger charge is 2.21. The summed E-state index contributed by atoms with van der Waals surface area (Å²) in [5.74, 6) is 0.0733. The molecule has 0 saturated carbocycles. The first-order chi connectivity index (χ1) is 10.7. The molecule has 2 amide bonds. The molecule has 0 radical (unpaired) electrons. The number of nitrogens with one attached hydrogen (secondary N) is 1. The Labute approximate surface area is 131 Å². The van der Waals surface area contributed by atoms with Crippen LogP contribution in [-0.4, -0.2) is 43.0 Å². The van der Waals surface area contributed by atoms with Crippen molar-refractivity contribution in [3.05, 3.63) is 29.8 Å². The van der Waals surface area contributed by atoms with Gasteiger partial charge in [0.1, 0.15) is 0 Å². The van der Waals surface area contributed by atoms with Crippen LogP contribution < -0.4 is 5.32 Å². The highest BCUT2D eigenvalue weighted by Crippen LogP contribution is 2.18. The molecule has 1 heterocycles. The number of nitrogens with zero attached hydrogens (tertiary/aromatic N) is 1. The summed E-state index contributed by atoms with van der Waals surface area (Å²) in [5.41, 5.74) is 1.38. The standard InChI is InChI=1S/C17H24N2O3/c1-3-19(4-2)17(21)14-5-7-15(8-6-14)18-16(20)13-9-11-22-12-10-13/h5-8,13H,3-4,9-12H2,1-2H3,(H,18,20). The van der Waals surface area contributed by atoms with E-state index in [1.54, 1.807) is 29.2 Å². The summed E-state index contributed by atoms with van der Waals surface area (Å²) in [6, 6.07) is 7.10. The number of hydrogen-bond donors (Lipinski definition) is 1. The maximum Gasteiger partial charge on any atom is 0.253 e. The molecular weight excluding hydrogens is 280 g/mol. The Kier molecular flexibility index (Phi) is 5.95. The highest BCUT2D eigenvalue weighted by molar-refractivity contribution is 5.96. The lowest BCUT2D eigenvalue weighted by Gasteiger charge is -2.21. The van der Waals surface area contributed by atoms with Gasteiger partial charge in [-0.1, -0.05) is 0 Å². The van der Waals surface area contributed by atoms with Gasteiger partial charge in [-0.25, -0.2) is 0 Å². The third kappa shape index (κ3) is 4.07. The van der Waals surface area contributed by atoms with E-state index in [4.69, 9.17) is 4.74 Å². The molecular formula is C17H24N2O3. The molecule has 0 aromatic heterocycles. The van der Waals surface area contributed by atoms with Gasteiger partial charge in [0.15, 0.2) is 0 Å². The lowest BCUT2D eigenvalue weighted by atomic mass is 9.99. The Hall–Kier alpha value is -1.88. The predicted molar refractivity (Wildman–Crippen MR) is 85.9 cm³/mol. The van der Waals surface area contributed by atoms with Gasteiger partial charge in [-0.05, 0) is 51.0 Å². The predicted octanol–water partition coefficient (Wildman–Crippen LogP) is 2.53. The summed E-state index contributed by atoms with van der Waals surface area (Å²) in [6.45, 7) is 6.60. The van der Waals surface area contributed by atoms with Gasteiger partial charge in [-0.15, -0.1) is 0 Å².